The van der Waals surface area contributed by atoms with Gasteiger partial charge in [-0.15, -0.1) is 0 Å². The van der Waals surface area contributed by atoms with Gasteiger partial charge >= 0.3 is 5.97 Å². The van der Waals surface area contributed by atoms with E-state index in [2.05, 4.69) is 0 Å². The van der Waals surface area contributed by atoms with Crippen LogP contribution in [0.3, 0.4) is 0 Å². The monoisotopic (exact) mass is 264 g/mol. The summed E-state index contributed by atoms with van der Waals surface area (Å²) in [6, 6.07) is 15.3. The lowest BCUT2D eigenvalue weighted by Gasteiger charge is -2.08. The van der Waals surface area contributed by atoms with E-state index < -0.39 is 5.97 Å². The molecule has 3 rings (SSSR count). The number of benzene rings is 3. The third-order valence-corrected chi connectivity index (χ3v) is 3.45. The second kappa shape index (κ2) is 4.78. The Morgan fingerprint density at radius 2 is 1.70 bits per heavy atom. The molecule has 0 bridgehead atoms. The highest BCUT2D eigenvalue weighted by Crippen LogP contribution is 2.27. The van der Waals surface area contributed by atoms with E-state index in [1.54, 1.807) is 6.07 Å². The van der Waals surface area contributed by atoms with Gasteiger partial charge in [-0.3, -0.25) is 4.79 Å². The first-order chi connectivity index (χ1) is 9.74. The van der Waals surface area contributed by atoms with Crippen LogP contribution in [0.4, 0.5) is 0 Å². The normalized spacial score (nSPS) is 10.7. The summed E-state index contributed by atoms with van der Waals surface area (Å²) in [6.07, 6.45) is 0.712. The maximum Gasteiger partial charge on any atom is 0.338 e. The first kappa shape index (κ1) is 12.4. The van der Waals surface area contributed by atoms with Crippen molar-refractivity contribution in [3.63, 3.8) is 0 Å². The number of carbonyl (C=O) groups excluding carboxylic acids is 2. The lowest BCUT2D eigenvalue weighted by molar-refractivity contribution is 0.0598. The number of aldehydes is 1. The zero-order valence-electron chi connectivity index (χ0n) is 10.9. The van der Waals surface area contributed by atoms with Crippen LogP contribution in [0.1, 0.15) is 20.7 Å². The highest BCUT2D eigenvalue weighted by molar-refractivity contribution is 6.11. The van der Waals surface area contributed by atoms with Crippen LogP contribution in [0.25, 0.3) is 21.5 Å². The summed E-state index contributed by atoms with van der Waals surface area (Å²) in [5.41, 5.74) is 0.672. The molecule has 0 heterocycles. The molecule has 3 heteroatoms. The van der Waals surface area contributed by atoms with E-state index in [4.69, 9.17) is 4.74 Å². The number of rotatable bonds is 2. The van der Waals surface area contributed by atoms with E-state index in [1.165, 1.54) is 7.11 Å². The third-order valence-electron chi connectivity index (χ3n) is 3.45. The van der Waals surface area contributed by atoms with Crippen molar-refractivity contribution in [2.45, 2.75) is 0 Å². The summed E-state index contributed by atoms with van der Waals surface area (Å²) in [5.74, 6) is -0.498. The molecule has 98 valence electrons. The summed E-state index contributed by atoms with van der Waals surface area (Å²) in [4.78, 5) is 23.1. The molecule has 0 atom stereocenters. The fourth-order valence-electron chi connectivity index (χ4n) is 2.45. The molecular weight excluding hydrogens is 252 g/mol. The van der Waals surface area contributed by atoms with Crippen LogP contribution in [-0.4, -0.2) is 19.4 Å². The fraction of sp³-hybridized carbons (Fsp3) is 0.0588. The van der Waals surface area contributed by atoms with Crippen LogP contribution in [-0.2, 0) is 4.74 Å². The Balaban J connectivity index is 2.40. The fourth-order valence-corrected chi connectivity index (χ4v) is 2.45. The van der Waals surface area contributed by atoms with E-state index in [9.17, 15) is 9.59 Å². The van der Waals surface area contributed by atoms with Crippen LogP contribution in [0.15, 0.2) is 48.5 Å². The molecule has 0 unspecified atom stereocenters. The number of hydrogen-bond acceptors (Lipinski definition) is 3. The van der Waals surface area contributed by atoms with Gasteiger partial charge in [0.05, 0.1) is 12.7 Å². The Morgan fingerprint density at radius 3 is 2.35 bits per heavy atom. The molecule has 0 spiro atoms. The molecule has 0 fully saturated rings. The van der Waals surface area contributed by atoms with Crippen molar-refractivity contribution in [2.24, 2.45) is 0 Å². The van der Waals surface area contributed by atoms with Gasteiger partial charge in [0, 0.05) is 5.56 Å². The summed E-state index contributed by atoms with van der Waals surface area (Å²) in [7, 11) is 1.31. The maximum atomic E-state index is 11.7. The van der Waals surface area contributed by atoms with Gasteiger partial charge in [0.1, 0.15) is 0 Å². The summed E-state index contributed by atoms with van der Waals surface area (Å²) in [6.45, 7) is 0. The van der Waals surface area contributed by atoms with Gasteiger partial charge in [-0.1, -0.05) is 30.3 Å². The molecule has 0 radical (unpaired) electrons. The smallest absolute Gasteiger partial charge is 0.338 e. The third kappa shape index (κ3) is 1.84. The molecule has 3 aromatic rings. The van der Waals surface area contributed by atoms with E-state index >= 15 is 0 Å². The van der Waals surface area contributed by atoms with Crippen LogP contribution < -0.4 is 0 Å². The quantitative estimate of drug-likeness (QED) is 0.403. The molecule has 0 aliphatic carbocycles. The molecule has 20 heavy (non-hydrogen) atoms. The standard InChI is InChI=1S/C17H12O3/c1-20-17(19)14-7-6-13-8-11-4-2-3-5-12(11)9-15(13)16(14)10-18/h2-10H,1H3. The number of hydrogen-bond donors (Lipinski definition) is 0. The minimum atomic E-state index is -0.498. The minimum Gasteiger partial charge on any atom is -0.465 e. The van der Waals surface area contributed by atoms with Gasteiger partial charge < -0.3 is 4.74 Å². The number of esters is 1. The Labute approximate surface area is 115 Å². The van der Waals surface area contributed by atoms with Crippen molar-refractivity contribution in [1.82, 2.24) is 0 Å². The van der Waals surface area contributed by atoms with Crippen LogP contribution in [0, 0.1) is 0 Å². The molecule has 0 saturated carbocycles. The van der Waals surface area contributed by atoms with Crippen molar-refractivity contribution in [3.8, 4) is 0 Å². The highest BCUT2D eigenvalue weighted by Gasteiger charge is 2.14. The van der Waals surface area contributed by atoms with Crippen molar-refractivity contribution < 1.29 is 14.3 Å². The summed E-state index contributed by atoms with van der Waals surface area (Å²) in [5, 5.41) is 3.83. The summed E-state index contributed by atoms with van der Waals surface area (Å²) < 4.78 is 4.72. The van der Waals surface area contributed by atoms with Gasteiger partial charge in [-0.05, 0) is 39.7 Å². The SMILES string of the molecule is COC(=O)c1ccc2cc3ccccc3cc2c1C=O. The van der Waals surface area contributed by atoms with Crippen molar-refractivity contribution >= 4 is 33.8 Å². The second-order valence-corrected chi connectivity index (χ2v) is 4.56. The Morgan fingerprint density at radius 1 is 1.00 bits per heavy atom. The zero-order chi connectivity index (χ0) is 14.1. The first-order valence-electron chi connectivity index (χ1n) is 6.23. The molecule has 0 aliphatic heterocycles. The Hall–Kier alpha value is -2.68. The first-order valence-corrected chi connectivity index (χ1v) is 6.23. The van der Waals surface area contributed by atoms with E-state index in [0.29, 0.717) is 17.4 Å². The van der Waals surface area contributed by atoms with Gasteiger partial charge in [0.2, 0.25) is 0 Å². The molecule has 0 amide bonds. The lowest BCUT2D eigenvalue weighted by atomic mass is 9.96. The van der Waals surface area contributed by atoms with E-state index in [0.717, 1.165) is 21.5 Å². The minimum absolute atomic E-state index is 0.297. The molecule has 3 aromatic carbocycles. The van der Waals surface area contributed by atoms with Crippen molar-refractivity contribution in [1.29, 1.82) is 0 Å². The lowest BCUT2D eigenvalue weighted by Crippen LogP contribution is -2.05. The highest BCUT2D eigenvalue weighted by atomic mass is 16.5. The van der Waals surface area contributed by atoms with Gasteiger partial charge in [-0.2, -0.15) is 0 Å². The molecule has 0 aromatic heterocycles. The maximum absolute atomic E-state index is 11.7. The number of fused-ring (bicyclic) bond motifs is 2. The molecule has 0 saturated heterocycles. The topological polar surface area (TPSA) is 43.4 Å². The van der Waals surface area contributed by atoms with Crippen LogP contribution >= 0.6 is 0 Å². The Kier molecular flexibility index (Phi) is 2.95. The van der Waals surface area contributed by atoms with Crippen molar-refractivity contribution in [2.75, 3.05) is 7.11 Å². The molecule has 0 N–H and O–H groups in total. The number of carbonyl (C=O) groups is 2. The largest absolute Gasteiger partial charge is 0.465 e. The van der Waals surface area contributed by atoms with Crippen LogP contribution in [0.5, 0.6) is 0 Å². The van der Waals surface area contributed by atoms with Gasteiger partial charge in [0.15, 0.2) is 6.29 Å². The van der Waals surface area contributed by atoms with Gasteiger partial charge in [0.25, 0.3) is 0 Å². The zero-order valence-corrected chi connectivity index (χ0v) is 10.9. The van der Waals surface area contributed by atoms with Crippen LogP contribution in [0.2, 0.25) is 0 Å². The number of methoxy groups -OCH3 is 1. The van der Waals surface area contributed by atoms with Crippen molar-refractivity contribution in [3.05, 3.63) is 59.7 Å². The average molecular weight is 264 g/mol. The van der Waals surface area contributed by atoms with E-state index in [1.807, 2.05) is 42.5 Å². The molecular formula is C17H12O3. The Bertz CT molecular complexity index is 834. The van der Waals surface area contributed by atoms with Gasteiger partial charge in [-0.25, -0.2) is 4.79 Å². The predicted octanol–water partition coefficient (Wildman–Crippen LogP) is 3.59. The summed E-state index contributed by atoms with van der Waals surface area (Å²) >= 11 is 0. The second-order valence-electron chi connectivity index (χ2n) is 4.56. The average Bonchev–Trinajstić information content (AvgIpc) is 2.50. The molecule has 0 aliphatic rings. The number of ether oxygens (including phenoxy) is 1. The molecule has 3 nitrogen and oxygen atoms in total. The van der Waals surface area contributed by atoms with E-state index in [-0.39, 0.29) is 0 Å². The predicted molar refractivity (Wildman–Crippen MR) is 78.2 cm³/mol.